The molecule has 4 nitrogen and oxygen atoms in total. The Balaban J connectivity index is 2.59. The molecular formula is C11H14O4Se. The zero-order chi connectivity index (χ0) is 12.0. The molecule has 0 N–H and O–H groups in total. The van der Waals surface area contributed by atoms with Gasteiger partial charge in [0.25, 0.3) is 0 Å². The van der Waals surface area contributed by atoms with Crippen LogP contribution in [0.2, 0.25) is 0 Å². The molecule has 0 aromatic rings. The van der Waals surface area contributed by atoms with Gasteiger partial charge in [-0.05, 0) is 0 Å². The number of ether oxygens (including phenoxy) is 2. The van der Waals surface area contributed by atoms with Gasteiger partial charge in [0, 0.05) is 0 Å². The molecule has 0 saturated heterocycles. The van der Waals surface area contributed by atoms with Crippen molar-refractivity contribution < 1.29 is 19.1 Å². The number of rotatable bonds is 4. The molecule has 0 aromatic heterocycles. The topological polar surface area (TPSA) is 52.6 Å². The van der Waals surface area contributed by atoms with Crippen LogP contribution in [0.4, 0.5) is 0 Å². The van der Waals surface area contributed by atoms with E-state index in [9.17, 15) is 9.59 Å². The third-order valence-corrected chi connectivity index (χ3v) is 4.10. The quantitative estimate of drug-likeness (QED) is 0.572. The molecule has 0 bridgehead atoms. The number of carbonyl (C=O) groups excluding carboxylic acids is 2. The monoisotopic (exact) mass is 290 g/mol. The second kappa shape index (κ2) is 6.51. The summed E-state index contributed by atoms with van der Waals surface area (Å²) >= 11 is -0.295. The van der Waals surface area contributed by atoms with Gasteiger partial charge in [-0.25, -0.2) is 0 Å². The average Bonchev–Trinajstić information content (AvgIpc) is 2.30. The van der Waals surface area contributed by atoms with Crippen molar-refractivity contribution >= 4 is 26.9 Å². The summed E-state index contributed by atoms with van der Waals surface area (Å²) in [6, 6.07) is 0. The molecule has 1 heterocycles. The van der Waals surface area contributed by atoms with Gasteiger partial charge < -0.3 is 0 Å². The van der Waals surface area contributed by atoms with E-state index in [2.05, 4.69) is 0 Å². The van der Waals surface area contributed by atoms with Crippen LogP contribution in [-0.2, 0) is 19.1 Å². The molecule has 0 radical (unpaired) electrons. The molecule has 1 rings (SSSR count). The van der Waals surface area contributed by atoms with Crippen molar-refractivity contribution in [1.29, 1.82) is 0 Å². The zero-order valence-corrected chi connectivity index (χ0v) is 11.0. The van der Waals surface area contributed by atoms with E-state index in [1.54, 1.807) is 26.0 Å². The summed E-state index contributed by atoms with van der Waals surface area (Å²) in [7, 11) is 0. The van der Waals surface area contributed by atoms with Gasteiger partial charge in [-0.3, -0.25) is 0 Å². The third-order valence-electron chi connectivity index (χ3n) is 1.78. The summed E-state index contributed by atoms with van der Waals surface area (Å²) in [4.78, 5) is 22.9. The number of carbonyl (C=O) groups is 2. The molecule has 0 saturated carbocycles. The van der Waals surface area contributed by atoms with Gasteiger partial charge in [-0.15, -0.1) is 0 Å². The molecule has 0 spiro atoms. The molecule has 0 aliphatic carbocycles. The van der Waals surface area contributed by atoms with Crippen LogP contribution in [0, 0.1) is 0 Å². The average molecular weight is 289 g/mol. The van der Waals surface area contributed by atoms with Crippen LogP contribution in [0.25, 0.3) is 0 Å². The van der Waals surface area contributed by atoms with Crippen LogP contribution in [0.5, 0.6) is 0 Å². The number of hydrogen-bond acceptors (Lipinski definition) is 4. The predicted molar refractivity (Wildman–Crippen MR) is 59.8 cm³/mol. The van der Waals surface area contributed by atoms with E-state index in [0.29, 0.717) is 28.6 Å². The first kappa shape index (κ1) is 13.0. The Morgan fingerprint density at radius 2 is 1.56 bits per heavy atom. The molecule has 0 unspecified atom stereocenters. The molecule has 1 aliphatic rings. The van der Waals surface area contributed by atoms with Crippen molar-refractivity contribution in [1.82, 2.24) is 0 Å². The first-order chi connectivity index (χ1) is 7.69. The van der Waals surface area contributed by atoms with Crippen molar-refractivity contribution in [2.45, 2.75) is 20.3 Å². The van der Waals surface area contributed by atoms with E-state index in [1.807, 2.05) is 0 Å². The summed E-state index contributed by atoms with van der Waals surface area (Å²) < 4.78 is 11.0. The third kappa shape index (κ3) is 3.51. The Morgan fingerprint density at radius 3 is 1.94 bits per heavy atom. The van der Waals surface area contributed by atoms with Crippen LogP contribution < -0.4 is 0 Å². The van der Waals surface area contributed by atoms with E-state index in [0.717, 1.165) is 0 Å². The van der Waals surface area contributed by atoms with Gasteiger partial charge in [0.05, 0.1) is 0 Å². The second-order valence-electron chi connectivity index (χ2n) is 2.92. The van der Waals surface area contributed by atoms with Gasteiger partial charge in [-0.1, -0.05) is 0 Å². The Morgan fingerprint density at radius 1 is 1.12 bits per heavy atom. The van der Waals surface area contributed by atoms with Crippen molar-refractivity contribution in [3.63, 3.8) is 0 Å². The Kier molecular flexibility index (Phi) is 5.29. The van der Waals surface area contributed by atoms with Crippen molar-refractivity contribution in [2.24, 2.45) is 0 Å². The van der Waals surface area contributed by atoms with E-state index in [-0.39, 0.29) is 26.9 Å². The molecule has 88 valence electrons. The van der Waals surface area contributed by atoms with E-state index in [4.69, 9.17) is 9.47 Å². The van der Waals surface area contributed by atoms with Gasteiger partial charge in [0.1, 0.15) is 0 Å². The molecular weight excluding hydrogens is 275 g/mol. The second-order valence-corrected chi connectivity index (χ2v) is 5.19. The molecule has 1 aliphatic heterocycles. The Hall–Kier alpha value is -1.06. The minimum atomic E-state index is -0.322. The van der Waals surface area contributed by atoms with E-state index in [1.165, 1.54) is 0 Å². The summed E-state index contributed by atoms with van der Waals surface area (Å²) in [5.41, 5.74) is 0. The van der Waals surface area contributed by atoms with Crippen molar-refractivity contribution in [2.75, 3.05) is 13.2 Å². The summed E-state index contributed by atoms with van der Waals surface area (Å²) in [6.45, 7) is 4.22. The predicted octanol–water partition coefficient (Wildman–Crippen LogP) is 0.988. The molecule has 0 atom stereocenters. The number of hydrogen-bond donors (Lipinski definition) is 0. The normalized spacial score (nSPS) is 14.9. The van der Waals surface area contributed by atoms with Gasteiger partial charge in [-0.2, -0.15) is 0 Å². The molecule has 5 heteroatoms. The molecule has 0 fully saturated rings. The van der Waals surface area contributed by atoms with Crippen molar-refractivity contribution in [3.8, 4) is 0 Å². The van der Waals surface area contributed by atoms with Gasteiger partial charge in [0.15, 0.2) is 0 Å². The number of allylic oxidation sites excluding steroid dienone is 2. The fourth-order valence-corrected chi connectivity index (χ4v) is 2.98. The van der Waals surface area contributed by atoms with E-state index >= 15 is 0 Å². The zero-order valence-electron chi connectivity index (χ0n) is 9.32. The fraction of sp³-hybridized carbons (Fsp3) is 0.455. The SMILES string of the molecule is CCOC(=O)C1=CCC=C(C(=O)OCC)[Se]1. The minimum absolute atomic E-state index is 0.295. The first-order valence-electron chi connectivity index (χ1n) is 5.11. The molecule has 0 aromatic carbocycles. The Labute approximate surface area is 101 Å². The maximum absolute atomic E-state index is 11.5. The first-order valence-corrected chi connectivity index (χ1v) is 6.82. The maximum atomic E-state index is 11.5. The molecule has 16 heavy (non-hydrogen) atoms. The number of esters is 2. The standard InChI is InChI=1S/C11H14O4Se/c1-3-14-10(12)8-6-5-7-9(16-8)11(13)15-4-2/h6-7H,3-5H2,1-2H3. The van der Waals surface area contributed by atoms with Crippen molar-refractivity contribution in [3.05, 3.63) is 21.1 Å². The van der Waals surface area contributed by atoms with Crippen LogP contribution in [-0.4, -0.2) is 40.1 Å². The van der Waals surface area contributed by atoms with Crippen LogP contribution in [0.15, 0.2) is 21.1 Å². The van der Waals surface area contributed by atoms with Crippen LogP contribution in [0.1, 0.15) is 20.3 Å². The fourth-order valence-electron chi connectivity index (χ4n) is 1.13. The summed E-state index contributed by atoms with van der Waals surface area (Å²) in [6.07, 6.45) is 4.20. The summed E-state index contributed by atoms with van der Waals surface area (Å²) in [5.74, 6) is -0.644. The Bertz CT molecular complexity index is 312. The van der Waals surface area contributed by atoms with Crippen LogP contribution >= 0.6 is 0 Å². The summed E-state index contributed by atoms with van der Waals surface area (Å²) in [5, 5.41) is 0. The van der Waals surface area contributed by atoms with E-state index < -0.39 is 0 Å². The van der Waals surface area contributed by atoms with Gasteiger partial charge >= 0.3 is 101 Å². The van der Waals surface area contributed by atoms with Gasteiger partial charge in [0.2, 0.25) is 0 Å². The molecule has 0 amide bonds. The van der Waals surface area contributed by atoms with Crippen LogP contribution in [0.3, 0.4) is 0 Å².